The number of rotatable bonds is 7. The number of H-pyrrole nitrogens is 1. The van der Waals surface area contributed by atoms with Gasteiger partial charge in [-0.25, -0.2) is 9.78 Å². The number of aromatic amines is 1. The van der Waals surface area contributed by atoms with Gasteiger partial charge in [0.05, 0.1) is 26.0 Å². The van der Waals surface area contributed by atoms with Crippen LogP contribution >= 0.6 is 0 Å². The Morgan fingerprint density at radius 3 is 2.67 bits per heavy atom. The van der Waals surface area contributed by atoms with Crippen molar-refractivity contribution in [3.8, 4) is 17.0 Å². The van der Waals surface area contributed by atoms with Crippen LogP contribution in [-0.4, -0.2) is 30.2 Å². The first-order valence-corrected chi connectivity index (χ1v) is 8.71. The summed E-state index contributed by atoms with van der Waals surface area (Å²) >= 11 is 0. The summed E-state index contributed by atoms with van der Waals surface area (Å²) in [4.78, 5) is 19.8. The van der Waals surface area contributed by atoms with Gasteiger partial charge in [-0.2, -0.15) is 0 Å². The van der Waals surface area contributed by atoms with Crippen LogP contribution in [-0.2, 0) is 11.3 Å². The Kier molecular flexibility index (Phi) is 5.88. The summed E-state index contributed by atoms with van der Waals surface area (Å²) in [6.07, 6.45) is 1.91. The Morgan fingerprint density at radius 1 is 1.19 bits per heavy atom. The molecule has 3 rings (SSSR count). The third-order valence-corrected chi connectivity index (χ3v) is 4.36. The highest BCUT2D eigenvalue weighted by Gasteiger charge is 2.15. The van der Waals surface area contributed by atoms with E-state index in [9.17, 15) is 4.79 Å². The molecule has 0 spiro atoms. The standard InChI is InChI=1S/C21H23N3O3/c1-14(20-23-13-18(24-20)16-7-5-4-6-8-16)22-12-15-9-10-19(26-2)17(11-15)21(25)27-3/h4-11,13-14,22H,12H2,1-3H3,(H,23,24). The van der Waals surface area contributed by atoms with Crippen molar-refractivity contribution >= 4 is 5.97 Å². The minimum absolute atomic E-state index is 0.0196. The zero-order chi connectivity index (χ0) is 19.2. The molecule has 0 bridgehead atoms. The van der Waals surface area contributed by atoms with E-state index in [-0.39, 0.29) is 6.04 Å². The van der Waals surface area contributed by atoms with Crippen LogP contribution in [0.3, 0.4) is 0 Å². The first kappa shape index (κ1) is 18.7. The topological polar surface area (TPSA) is 76.2 Å². The van der Waals surface area contributed by atoms with Gasteiger partial charge in [-0.05, 0) is 24.6 Å². The largest absolute Gasteiger partial charge is 0.496 e. The summed E-state index contributed by atoms with van der Waals surface area (Å²) in [7, 11) is 2.89. The summed E-state index contributed by atoms with van der Waals surface area (Å²) in [5, 5.41) is 3.41. The summed E-state index contributed by atoms with van der Waals surface area (Å²) in [5.41, 5.74) is 3.36. The lowest BCUT2D eigenvalue weighted by Crippen LogP contribution is -2.19. The first-order valence-electron chi connectivity index (χ1n) is 8.71. The number of nitrogens with one attached hydrogen (secondary N) is 2. The molecule has 2 N–H and O–H groups in total. The molecule has 0 aliphatic heterocycles. The summed E-state index contributed by atoms with van der Waals surface area (Å²) in [5.74, 6) is 0.938. The number of imidazole rings is 1. The zero-order valence-corrected chi connectivity index (χ0v) is 15.7. The van der Waals surface area contributed by atoms with Crippen LogP contribution in [0.5, 0.6) is 5.75 Å². The molecule has 0 fully saturated rings. The number of nitrogens with zero attached hydrogens (tertiary/aromatic N) is 1. The maximum atomic E-state index is 11.9. The van der Waals surface area contributed by atoms with Gasteiger partial charge in [-0.15, -0.1) is 0 Å². The van der Waals surface area contributed by atoms with Crippen molar-refractivity contribution in [2.75, 3.05) is 14.2 Å². The average Bonchev–Trinajstić information content (AvgIpc) is 3.22. The SMILES string of the molecule is COC(=O)c1cc(CNC(C)c2nc(-c3ccccc3)c[nH]2)ccc1OC. The fourth-order valence-corrected chi connectivity index (χ4v) is 2.82. The van der Waals surface area contributed by atoms with Gasteiger partial charge in [-0.3, -0.25) is 0 Å². The van der Waals surface area contributed by atoms with E-state index in [1.54, 1.807) is 12.1 Å². The van der Waals surface area contributed by atoms with Gasteiger partial charge in [0.25, 0.3) is 0 Å². The van der Waals surface area contributed by atoms with E-state index >= 15 is 0 Å². The Balaban J connectivity index is 1.68. The van der Waals surface area contributed by atoms with Gasteiger partial charge in [0, 0.05) is 18.3 Å². The minimum atomic E-state index is -0.416. The number of aromatic nitrogens is 2. The van der Waals surface area contributed by atoms with Crippen LogP contribution in [0.2, 0.25) is 0 Å². The maximum absolute atomic E-state index is 11.9. The fourth-order valence-electron chi connectivity index (χ4n) is 2.82. The Hall–Kier alpha value is -3.12. The third-order valence-electron chi connectivity index (χ3n) is 4.36. The summed E-state index contributed by atoms with van der Waals surface area (Å²) in [6.45, 7) is 2.62. The lowest BCUT2D eigenvalue weighted by Gasteiger charge is -2.13. The Labute approximate surface area is 158 Å². The molecule has 0 aliphatic rings. The second-order valence-electron chi connectivity index (χ2n) is 6.17. The molecule has 3 aromatic rings. The molecule has 1 unspecified atom stereocenters. The van der Waals surface area contributed by atoms with Crippen molar-refractivity contribution in [3.63, 3.8) is 0 Å². The highest BCUT2D eigenvalue weighted by molar-refractivity contribution is 5.92. The molecule has 1 atom stereocenters. The highest BCUT2D eigenvalue weighted by Crippen LogP contribution is 2.22. The predicted octanol–water partition coefficient (Wildman–Crippen LogP) is 3.72. The Morgan fingerprint density at radius 2 is 1.96 bits per heavy atom. The van der Waals surface area contributed by atoms with Crippen LogP contribution < -0.4 is 10.1 Å². The van der Waals surface area contributed by atoms with E-state index < -0.39 is 5.97 Å². The third kappa shape index (κ3) is 4.35. The zero-order valence-electron chi connectivity index (χ0n) is 15.7. The average molecular weight is 365 g/mol. The molecule has 0 saturated carbocycles. The van der Waals surface area contributed by atoms with Crippen molar-refractivity contribution in [1.29, 1.82) is 0 Å². The number of benzene rings is 2. The lowest BCUT2D eigenvalue weighted by atomic mass is 10.1. The second-order valence-corrected chi connectivity index (χ2v) is 6.17. The molecule has 27 heavy (non-hydrogen) atoms. The molecule has 0 amide bonds. The molecular weight excluding hydrogens is 342 g/mol. The summed E-state index contributed by atoms with van der Waals surface area (Å²) in [6, 6.07) is 15.5. The van der Waals surface area contributed by atoms with Gasteiger partial charge < -0.3 is 19.8 Å². The Bertz CT molecular complexity index is 906. The van der Waals surface area contributed by atoms with Crippen LogP contribution in [0, 0.1) is 0 Å². The predicted molar refractivity (Wildman–Crippen MR) is 104 cm³/mol. The van der Waals surface area contributed by atoms with Crippen LogP contribution in [0.15, 0.2) is 54.7 Å². The van der Waals surface area contributed by atoms with E-state index in [0.29, 0.717) is 17.9 Å². The number of methoxy groups -OCH3 is 2. The van der Waals surface area contributed by atoms with E-state index in [2.05, 4.69) is 15.3 Å². The van der Waals surface area contributed by atoms with Crippen molar-refractivity contribution in [2.24, 2.45) is 0 Å². The maximum Gasteiger partial charge on any atom is 0.341 e. The molecule has 140 valence electrons. The van der Waals surface area contributed by atoms with Gasteiger partial charge in [0.15, 0.2) is 0 Å². The van der Waals surface area contributed by atoms with Crippen LogP contribution in [0.4, 0.5) is 0 Å². The molecule has 2 aromatic carbocycles. The van der Waals surface area contributed by atoms with E-state index in [1.165, 1.54) is 14.2 Å². The fraction of sp³-hybridized carbons (Fsp3) is 0.238. The number of carbonyl (C=O) groups is 1. The van der Waals surface area contributed by atoms with Crippen molar-refractivity contribution < 1.29 is 14.3 Å². The molecule has 0 radical (unpaired) electrons. The van der Waals surface area contributed by atoms with E-state index in [0.717, 1.165) is 22.6 Å². The van der Waals surface area contributed by atoms with Crippen molar-refractivity contribution in [1.82, 2.24) is 15.3 Å². The molecule has 0 saturated heterocycles. The van der Waals surface area contributed by atoms with E-state index in [1.807, 2.05) is 49.5 Å². The smallest absolute Gasteiger partial charge is 0.341 e. The molecule has 6 nitrogen and oxygen atoms in total. The van der Waals surface area contributed by atoms with Gasteiger partial charge in [0.2, 0.25) is 0 Å². The molecule has 0 aliphatic carbocycles. The minimum Gasteiger partial charge on any atom is -0.496 e. The van der Waals surface area contributed by atoms with Crippen molar-refractivity contribution in [2.45, 2.75) is 19.5 Å². The molecule has 6 heteroatoms. The van der Waals surface area contributed by atoms with Gasteiger partial charge in [0.1, 0.15) is 17.1 Å². The number of hydrogen-bond donors (Lipinski definition) is 2. The number of hydrogen-bond acceptors (Lipinski definition) is 5. The van der Waals surface area contributed by atoms with Gasteiger partial charge in [-0.1, -0.05) is 36.4 Å². The van der Waals surface area contributed by atoms with Crippen LogP contribution in [0.1, 0.15) is 34.7 Å². The second kappa shape index (κ2) is 8.51. The number of ether oxygens (including phenoxy) is 2. The summed E-state index contributed by atoms with van der Waals surface area (Å²) < 4.78 is 10.0. The number of esters is 1. The molecule has 1 heterocycles. The molecular formula is C21H23N3O3. The number of carbonyl (C=O) groups excluding carboxylic acids is 1. The highest BCUT2D eigenvalue weighted by atomic mass is 16.5. The normalized spacial score (nSPS) is 11.8. The van der Waals surface area contributed by atoms with E-state index in [4.69, 9.17) is 9.47 Å². The monoisotopic (exact) mass is 365 g/mol. The molecule has 1 aromatic heterocycles. The lowest BCUT2D eigenvalue weighted by molar-refractivity contribution is 0.0597. The van der Waals surface area contributed by atoms with Gasteiger partial charge >= 0.3 is 5.97 Å². The quantitative estimate of drug-likeness (QED) is 0.624. The first-order chi connectivity index (χ1) is 13.1. The van der Waals surface area contributed by atoms with Crippen LogP contribution in [0.25, 0.3) is 11.3 Å². The van der Waals surface area contributed by atoms with Crippen molar-refractivity contribution in [3.05, 3.63) is 71.7 Å².